The summed E-state index contributed by atoms with van der Waals surface area (Å²) in [5, 5.41) is 0. The number of imidazole rings is 1. The molecule has 0 unspecified atom stereocenters. The summed E-state index contributed by atoms with van der Waals surface area (Å²) in [6.45, 7) is 3.92. The van der Waals surface area contributed by atoms with Gasteiger partial charge >= 0.3 is 0 Å². The molecule has 1 fully saturated rings. The Balaban J connectivity index is 1.58. The van der Waals surface area contributed by atoms with Crippen molar-refractivity contribution in [2.75, 3.05) is 19.9 Å². The molecule has 2 aliphatic heterocycles. The van der Waals surface area contributed by atoms with Gasteiger partial charge < -0.3 is 14.4 Å². The van der Waals surface area contributed by atoms with E-state index in [1.54, 1.807) is 0 Å². The van der Waals surface area contributed by atoms with E-state index in [2.05, 4.69) is 4.98 Å². The number of aromatic nitrogens is 2. The SMILES string of the molecule is Cc1nc2ccc(C(=O)N3CCCCC3)cn2c1-c1ccc2c(c1)OCO2. The second kappa shape index (κ2) is 6.30. The van der Waals surface area contributed by atoms with Gasteiger partial charge in [-0.15, -0.1) is 0 Å². The molecule has 0 saturated carbocycles. The predicted octanol–water partition coefficient (Wildman–Crippen LogP) is 3.66. The number of amides is 1. The van der Waals surface area contributed by atoms with Gasteiger partial charge in [0.2, 0.25) is 6.79 Å². The lowest BCUT2D eigenvalue weighted by molar-refractivity contribution is 0.0724. The summed E-state index contributed by atoms with van der Waals surface area (Å²) in [6.07, 6.45) is 5.28. The third-order valence-corrected chi connectivity index (χ3v) is 5.33. The van der Waals surface area contributed by atoms with E-state index in [1.165, 1.54) is 6.42 Å². The van der Waals surface area contributed by atoms with Gasteiger partial charge in [-0.2, -0.15) is 0 Å². The monoisotopic (exact) mass is 363 g/mol. The summed E-state index contributed by atoms with van der Waals surface area (Å²) in [5.41, 5.74) is 4.40. The molecular formula is C21H21N3O3. The number of likely N-dealkylation sites (tertiary alicyclic amines) is 1. The normalized spacial score (nSPS) is 16.1. The molecule has 6 heteroatoms. The maximum absolute atomic E-state index is 12.9. The van der Waals surface area contributed by atoms with Gasteiger partial charge in [-0.1, -0.05) is 0 Å². The fourth-order valence-corrected chi connectivity index (χ4v) is 3.96. The molecule has 0 spiro atoms. The Bertz CT molecular complexity index is 1030. The summed E-state index contributed by atoms with van der Waals surface area (Å²) < 4.78 is 12.9. The number of benzene rings is 1. The van der Waals surface area contributed by atoms with Crippen LogP contribution in [0.1, 0.15) is 35.3 Å². The van der Waals surface area contributed by atoms with E-state index in [1.807, 2.05) is 52.8 Å². The van der Waals surface area contributed by atoms with E-state index < -0.39 is 0 Å². The van der Waals surface area contributed by atoms with Crippen LogP contribution in [0.3, 0.4) is 0 Å². The molecule has 0 N–H and O–H groups in total. The summed E-state index contributed by atoms with van der Waals surface area (Å²) in [6, 6.07) is 9.68. The first kappa shape index (κ1) is 16.2. The molecule has 4 heterocycles. The molecule has 0 atom stereocenters. The molecule has 27 heavy (non-hydrogen) atoms. The Labute approximate surface area is 157 Å². The Morgan fingerprint density at radius 3 is 2.70 bits per heavy atom. The Hall–Kier alpha value is -3.02. The zero-order chi connectivity index (χ0) is 18.4. The zero-order valence-electron chi connectivity index (χ0n) is 15.3. The highest BCUT2D eigenvalue weighted by Gasteiger charge is 2.21. The number of rotatable bonds is 2. The van der Waals surface area contributed by atoms with Crippen LogP contribution in [0.4, 0.5) is 0 Å². The topological polar surface area (TPSA) is 56.1 Å². The number of aryl methyl sites for hydroxylation is 1. The number of fused-ring (bicyclic) bond motifs is 2. The fourth-order valence-electron chi connectivity index (χ4n) is 3.96. The highest BCUT2D eigenvalue weighted by molar-refractivity contribution is 5.94. The number of piperidine rings is 1. The summed E-state index contributed by atoms with van der Waals surface area (Å²) >= 11 is 0. The lowest BCUT2D eigenvalue weighted by Crippen LogP contribution is -2.35. The van der Waals surface area contributed by atoms with Crippen molar-refractivity contribution in [2.24, 2.45) is 0 Å². The van der Waals surface area contributed by atoms with Crippen molar-refractivity contribution in [3.05, 3.63) is 47.8 Å². The number of nitrogens with zero attached hydrogens (tertiary/aromatic N) is 3. The molecule has 138 valence electrons. The molecule has 3 aromatic rings. The maximum atomic E-state index is 12.9. The zero-order valence-corrected chi connectivity index (χ0v) is 15.3. The van der Waals surface area contributed by atoms with Crippen LogP contribution in [0.15, 0.2) is 36.5 Å². The molecular weight excluding hydrogens is 342 g/mol. The maximum Gasteiger partial charge on any atom is 0.255 e. The first-order chi connectivity index (χ1) is 13.2. The van der Waals surface area contributed by atoms with Crippen molar-refractivity contribution in [3.63, 3.8) is 0 Å². The van der Waals surface area contributed by atoms with E-state index in [0.29, 0.717) is 5.56 Å². The van der Waals surface area contributed by atoms with Crippen molar-refractivity contribution < 1.29 is 14.3 Å². The molecule has 2 aliphatic rings. The summed E-state index contributed by atoms with van der Waals surface area (Å²) in [5.74, 6) is 1.59. The first-order valence-electron chi connectivity index (χ1n) is 9.39. The molecule has 0 aliphatic carbocycles. The van der Waals surface area contributed by atoms with Crippen LogP contribution in [0.25, 0.3) is 16.9 Å². The number of pyridine rings is 1. The average molecular weight is 363 g/mol. The van der Waals surface area contributed by atoms with Gasteiger partial charge in [0.15, 0.2) is 11.5 Å². The second-order valence-electron chi connectivity index (χ2n) is 7.11. The van der Waals surface area contributed by atoms with Crippen molar-refractivity contribution >= 4 is 11.6 Å². The summed E-state index contributed by atoms with van der Waals surface area (Å²) in [7, 11) is 0. The minimum absolute atomic E-state index is 0.0968. The van der Waals surface area contributed by atoms with Gasteiger partial charge in [0, 0.05) is 24.8 Å². The molecule has 6 nitrogen and oxygen atoms in total. The Morgan fingerprint density at radius 1 is 1.04 bits per heavy atom. The smallest absolute Gasteiger partial charge is 0.255 e. The van der Waals surface area contributed by atoms with Crippen molar-refractivity contribution in [3.8, 4) is 22.8 Å². The highest BCUT2D eigenvalue weighted by atomic mass is 16.7. The number of ether oxygens (including phenoxy) is 2. The minimum Gasteiger partial charge on any atom is -0.454 e. The van der Waals surface area contributed by atoms with Gasteiger partial charge in [0.05, 0.1) is 17.0 Å². The van der Waals surface area contributed by atoms with Gasteiger partial charge in [0.25, 0.3) is 5.91 Å². The van der Waals surface area contributed by atoms with E-state index in [9.17, 15) is 4.79 Å². The van der Waals surface area contributed by atoms with Crippen molar-refractivity contribution in [1.82, 2.24) is 14.3 Å². The second-order valence-corrected chi connectivity index (χ2v) is 7.11. The molecule has 1 aromatic carbocycles. The number of hydrogen-bond donors (Lipinski definition) is 0. The molecule has 5 rings (SSSR count). The number of carbonyl (C=O) groups is 1. The predicted molar refractivity (Wildman–Crippen MR) is 101 cm³/mol. The van der Waals surface area contributed by atoms with Gasteiger partial charge in [-0.05, 0) is 56.5 Å². The van der Waals surface area contributed by atoms with E-state index in [0.717, 1.165) is 60.0 Å². The number of hydrogen-bond acceptors (Lipinski definition) is 4. The average Bonchev–Trinajstić information content (AvgIpc) is 3.30. The molecule has 1 amide bonds. The molecule has 1 saturated heterocycles. The van der Waals surface area contributed by atoms with Gasteiger partial charge in [-0.3, -0.25) is 9.20 Å². The van der Waals surface area contributed by atoms with E-state index in [-0.39, 0.29) is 12.7 Å². The van der Waals surface area contributed by atoms with Crippen LogP contribution in [-0.4, -0.2) is 40.1 Å². The third-order valence-electron chi connectivity index (χ3n) is 5.33. The van der Waals surface area contributed by atoms with Crippen LogP contribution in [0.2, 0.25) is 0 Å². The molecule has 0 radical (unpaired) electrons. The standard InChI is InChI=1S/C21H21N3O3/c1-14-20(15-5-7-17-18(11-15)27-13-26-17)24-12-16(6-8-19(24)22-14)21(25)23-9-3-2-4-10-23/h5-8,11-12H,2-4,9-10,13H2,1H3. The van der Waals surface area contributed by atoms with Crippen molar-refractivity contribution in [2.45, 2.75) is 26.2 Å². The van der Waals surface area contributed by atoms with Crippen LogP contribution in [-0.2, 0) is 0 Å². The van der Waals surface area contributed by atoms with Crippen LogP contribution in [0, 0.1) is 6.92 Å². The van der Waals surface area contributed by atoms with Gasteiger partial charge in [0.1, 0.15) is 5.65 Å². The van der Waals surface area contributed by atoms with E-state index in [4.69, 9.17) is 9.47 Å². The molecule has 2 aromatic heterocycles. The Morgan fingerprint density at radius 2 is 1.85 bits per heavy atom. The lowest BCUT2D eigenvalue weighted by atomic mass is 10.1. The first-order valence-corrected chi connectivity index (χ1v) is 9.39. The van der Waals surface area contributed by atoms with Crippen LogP contribution in [0.5, 0.6) is 11.5 Å². The quantitative estimate of drug-likeness (QED) is 0.697. The van der Waals surface area contributed by atoms with Gasteiger partial charge in [-0.25, -0.2) is 4.98 Å². The number of carbonyl (C=O) groups excluding carboxylic acids is 1. The minimum atomic E-state index is 0.0968. The van der Waals surface area contributed by atoms with Crippen LogP contribution < -0.4 is 9.47 Å². The fraction of sp³-hybridized carbons (Fsp3) is 0.333. The Kier molecular flexibility index (Phi) is 3.77. The summed E-state index contributed by atoms with van der Waals surface area (Å²) in [4.78, 5) is 19.5. The molecule has 0 bridgehead atoms. The van der Waals surface area contributed by atoms with Crippen molar-refractivity contribution in [1.29, 1.82) is 0 Å². The third kappa shape index (κ3) is 2.72. The highest BCUT2D eigenvalue weighted by Crippen LogP contribution is 2.37. The lowest BCUT2D eigenvalue weighted by Gasteiger charge is -2.26. The van der Waals surface area contributed by atoms with Crippen LogP contribution >= 0.6 is 0 Å². The van der Waals surface area contributed by atoms with E-state index >= 15 is 0 Å². The largest absolute Gasteiger partial charge is 0.454 e.